The molecule has 0 aromatic heterocycles. The van der Waals surface area contributed by atoms with E-state index >= 15 is 0 Å². The lowest BCUT2D eigenvalue weighted by molar-refractivity contribution is -0.152. The average molecular weight is 182 g/mol. The van der Waals surface area contributed by atoms with Crippen LogP contribution >= 0.6 is 0 Å². The highest BCUT2D eigenvalue weighted by Crippen LogP contribution is 2.17. The molecule has 3 heteroatoms. The summed E-state index contributed by atoms with van der Waals surface area (Å²) in [6.07, 6.45) is 7.65. The third-order valence-corrected chi connectivity index (χ3v) is 2.01. The Morgan fingerprint density at radius 1 is 1.69 bits per heavy atom. The van der Waals surface area contributed by atoms with Crippen molar-refractivity contribution in [1.82, 2.24) is 0 Å². The maximum Gasteiger partial charge on any atom is 0.303 e. The van der Waals surface area contributed by atoms with Gasteiger partial charge in [-0.3, -0.25) is 4.79 Å². The Morgan fingerprint density at radius 2 is 2.46 bits per heavy atom. The molecule has 0 unspecified atom stereocenters. The Labute approximate surface area is 78.4 Å². The molecule has 0 amide bonds. The van der Waals surface area contributed by atoms with Crippen molar-refractivity contribution in [1.29, 1.82) is 0 Å². The van der Waals surface area contributed by atoms with E-state index in [0.29, 0.717) is 6.61 Å². The molecule has 13 heavy (non-hydrogen) atoms. The van der Waals surface area contributed by atoms with Crippen molar-refractivity contribution in [2.75, 3.05) is 6.61 Å². The molecule has 0 spiro atoms. The van der Waals surface area contributed by atoms with Crippen molar-refractivity contribution in [2.45, 2.75) is 38.4 Å². The Bertz CT molecular complexity index is 211. The molecular weight excluding hydrogens is 168 g/mol. The van der Waals surface area contributed by atoms with Crippen LogP contribution in [0.15, 0.2) is 0 Å². The van der Waals surface area contributed by atoms with E-state index in [0.717, 1.165) is 19.3 Å². The van der Waals surface area contributed by atoms with Crippen LogP contribution in [-0.2, 0) is 14.3 Å². The van der Waals surface area contributed by atoms with Gasteiger partial charge in [0.05, 0.1) is 0 Å². The van der Waals surface area contributed by atoms with Crippen LogP contribution in [0.5, 0.6) is 0 Å². The van der Waals surface area contributed by atoms with Crippen LogP contribution in [0, 0.1) is 12.3 Å². The molecule has 0 aliphatic carbocycles. The SMILES string of the molecule is C#C[C@@H](OC(C)=O)[C@@H]1CCCCO1. The molecule has 1 aliphatic rings. The smallest absolute Gasteiger partial charge is 0.303 e. The molecule has 0 aromatic carbocycles. The Hall–Kier alpha value is -1.01. The maximum absolute atomic E-state index is 10.7. The zero-order valence-corrected chi connectivity index (χ0v) is 7.79. The quantitative estimate of drug-likeness (QED) is 0.474. The van der Waals surface area contributed by atoms with Crippen LogP contribution in [0.3, 0.4) is 0 Å². The van der Waals surface area contributed by atoms with Gasteiger partial charge < -0.3 is 9.47 Å². The van der Waals surface area contributed by atoms with Crippen LogP contribution in [-0.4, -0.2) is 24.8 Å². The van der Waals surface area contributed by atoms with Crippen LogP contribution in [0.25, 0.3) is 0 Å². The summed E-state index contributed by atoms with van der Waals surface area (Å²) in [7, 11) is 0. The molecule has 0 N–H and O–H groups in total. The minimum absolute atomic E-state index is 0.109. The zero-order valence-electron chi connectivity index (χ0n) is 7.79. The molecule has 1 heterocycles. The van der Waals surface area contributed by atoms with Crippen molar-refractivity contribution in [3.8, 4) is 12.3 Å². The lowest BCUT2D eigenvalue weighted by Crippen LogP contribution is -2.34. The summed E-state index contributed by atoms with van der Waals surface area (Å²) >= 11 is 0. The van der Waals surface area contributed by atoms with Gasteiger partial charge in [0, 0.05) is 13.5 Å². The van der Waals surface area contributed by atoms with Crippen molar-refractivity contribution in [3.63, 3.8) is 0 Å². The first-order valence-corrected chi connectivity index (χ1v) is 4.49. The van der Waals surface area contributed by atoms with Gasteiger partial charge in [0.1, 0.15) is 6.10 Å². The van der Waals surface area contributed by atoms with Crippen LogP contribution in [0.1, 0.15) is 26.2 Å². The number of esters is 1. The maximum atomic E-state index is 10.7. The molecule has 72 valence electrons. The number of hydrogen-bond acceptors (Lipinski definition) is 3. The van der Waals surface area contributed by atoms with E-state index in [2.05, 4.69) is 5.92 Å². The number of carbonyl (C=O) groups excluding carboxylic acids is 1. The first-order chi connectivity index (χ1) is 6.24. The highest BCUT2D eigenvalue weighted by atomic mass is 16.6. The Kier molecular flexibility index (Phi) is 3.78. The fourth-order valence-corrected chi connectivity index (χ4v) is 1.40. The van der Waals surface area contributed by atoms with Gasteiger partial charge in [-0.1, -0.05) is 5.92 Å². The summed E-state index contributed by atoms with van der Waals surface area (Å²) in [6, 6.07) is 0. The molecule has 1 fully saturated rings. The highest BCUT2D eigenvalue weighted by Gasteiger charge is 2.24. The second kappa shape index (κ2) is 4.88. The largest absolute Gasteiger partial charge is 0.447 e. The van der Waals surface area contributed by atoms with E-state index in [-0.39, 0.29) is 12.1 Å². The molecule has 1 aliphatic heterocycles. The summed E-state index contributed by atoms with van der Waals surface area (Å²) in [4.78, 5) is 10.7. The van der Waals surface area contributed by atoms with Crippen molar-refractivity contribution >= 4 is 5.97 Å². The predicted octanol–water partition coefficient (Wildman–Crippen LogP) is 1.12. The van der Waals surface area contributed by atoms with Crippen LogP contribution in [0.2, 0.25) is 0 Å². The first-order valence-electron chi connectivity index (χ1n) is 4.49. The van der Waals surface area contributed by atoms with Gasteiger partial charge >= 0.3 is 5.97 Å². The van der Waals surface area contributed by atoms with Gasteiger partial charge in [-0.2, -0.15) is 0 Å². The molecule has 1 saturated heterocycles. The Morgan fingerprint density at radius 3 is 2.92 bits per heavy atom. The van der Waals surface area contributed by atoms with E-state index in [1.54, 1.807) is 0 Å². The molecule has 0 saturated carbocycles. The third-order valence-electron chi connectivity index (χ3n) is 2.01. The van der Waals surface area contributed by atoms with E-state index in [4.69, 9.17) is 15.9 Å². The molecule has 0 radical (unpaired) electrons. The molecule has 1 rings (SSSR count). The lowest BCUT2D eigenvalue weighted by Gasteiger charge is -2.26. The highest BCUT2D eigenvalue weighted by molar-refractivity contribution is 5.66. The monoisotopic (exact) mass is 182 g/mol. The normalized spacial score (nSPS) is 24.5. The topological polar surface area (TPSA) is 35.5 Å². The molecule has 0 aromatic rings. The van der Waals surface area contributed by atoms with Gasteiger partial charge in [-0.25, -0.2) is 0 Å². The van der Waals surface area contributed by atoms with E-state index in [1.165, 1.54) is 6.92 Å². The van der Waals surface area contributed by atoms with Crippen LogP contribution in [0.4, 0.5) is 0 Å². The predicted molar refractivity (Wildman–Crippen MR) is 48.0 cm³/mol. The first kappa shape index (κ1) is 10.1. The number of terminal acetylenes is 1. The van der Waals surface area contributed by atoms with Gasteiger partial charge in [0.2, 0.25) is 0 Å². The van der Waals surface area contributed by atoms with Crippen molar-refractivity contribution in [2.24, 2.45) is 0 Å². The summed E-state index contributed by atoms with van der Waals surface area (Å²) < 4.78 is 10.4. The minimum atomic E-state index is -0.516. The zero-order chi connectivity index (χ0) is 9.68. The number of ether oxygens (including phenoxy) is 2. The van der Waals surface area contributed by atoms with Gasteiger partial charge in [0.15, 0.2) is 6.10 Å². The molecule has 0 bridgehead atoms. The second-order valence-electron chi connectivity index (χ2n) is 3.10. The summed E-state index contributed by atoms with van der Waals surface area (Å²) in [5.41, 5.74) is 0. The number of carbonyl (C=O) groups is 1. The summed E-state index contributed by atoms with van der Waals surface area (Å²) in [5, 5.41) is 0. The fraction of sp³-hybridized carbons (Fsp3) is 0.700. The molecule has 3 nitrogen and oxygen atoms in total. The van der Waals surface area contributed by atoms with Gasteiger partial charge in [-0.05, 0) is 19.3 Å². The number of hydrogen-bond donors (Lipinski definition) is 0. The molecular formula is C10H14O3. The van der Waals surface area contributed by atoms with E-state index in [1.807, 2.05) is 0 Å². The van der Waals surface area contributed by atoms with E-state index < -0.39 is 6.10 Å². The van der Waals surface area contributed by atoms with Crippen molar-refractivity contribution in [3.05, 3.63) is 0 Å². The number of rotatable bonds is 2. The molecule has 2 atom stereocenters. The standard InChI is InChI=1S/C10H14O3/c1-3-9(13-8(2)11)10-6-4-5-7-12-10/h1,9-10H,4-7H2,2H3/t9-,10+/m1/s1. The fourth-order valence-electron chi connectivity index (χ4n) is 1.40. The second-order valence-corrected chi connectivity index (χ2v) is 3.10. The van der Waals surface area contributed by atoms with Gasteiger partial charge in [-0.15, -0.1) is 6.42 Å². The van der Waals surface area contributed by atoms with Gasteiger partial charge in [0.25, 0.3) is 0 Å². The van der Waals surface area contributed by atoms with E-state index in [9.17, 15) is 4.79 Å². The summed E-state index contributed by atoms with van der Waals surface area (Å²) in [6.45, 7) is 2.07. The average Bonchev–Trinajstić information content (AvgIpc) is 2.15. The lowest BCUT2D eigenvalue weighted by atomic mass is 10.0. The summed E-state index contributed by atoms with van der Waals surface area (Å²) in [5.74, 6) is 2.09. The van der Waals surface area contributed by atoms with Crippen LogP contribution < -0.4 is 0 Å². The Balaban J connectivity index is 2.45. The third kappa shape index (κ3) is 3.08. The van der Waals surface area contributed by atoms with Crippen molar-refractivity contribution < 1.29 is 14.3 Å². The minimum Gasteiger partial charge on any atom is -0.447 e.